The summed E-state index contributed by atoms with van der Waals surface area (Å²) < 4.78 is 10.6. The van der Waals surface area contributed by atoms with Crippen LogP contribution in [0.2, 0.25) is 0 Å². The van der Waals surface area contributed by atoms with Gasteiger partial charge in [0.25, 0.3) is 11.6 Å². The average Bonchev–Trinajstić information content (AvgIpc) is 3.02. The molecule has 0 saturated heterocycles. The number of methoxy groups -OCH3 is 1. The Morgan fingerprint density at radius 2 is 2.08 bits per heavy atom. The second-order valence-corrected chi connectivity index (χ2v) is 6.52. The predicted molar refractivity (Wildman–Crippen MR) is 99.7 cm³/mol. The Balaban J connectivity index is 1.80. The molecule has 6 heteroatoms. The van der Waals surface area contributed by atoms with Gasteiger partial charge in [-0.1, -0.05) is 37.2 Å². The first-order valence-electron chi connectivity index (χ1n) is 8.68. The third kappa shape index (κ3) is 3.54. The molecule has 0 saturated carbocycles. The lowest BCUT2D eigenvalue weighted by Crippen LogP contribution is -2.26. The summed E-state index contributed by atoms with van der Waals surface area (Å²) in [4.78, 5) is 17.3. The number of hydrogen-bond donors (Lipinski definition) is 1. The molecule has 0 unspecified atom stereocenters. The van der Waals surface area contributed by atoms with Crippen molar-refractivity contribution in [2.24, 2.45) is 0 Å². The molecule has 0 fully saturated rings. The third-order valence-corrected chi connectivity index (χ3v) is 4.35. The van der Waals surface area contributed by atoms with Crippen molar-refractivity contribution in [3.63, 3.8) is 0 Å². The predicted octanol–water partition coefficient (Wildman–Crippen LogP) is 3.64. The van der Waals surface area contributed by atoms with Gasteiger partial charge in [0.05, 0.1) is 23.8 Å². The number of aryl methyl sites for hydroxylation is 1. The smallest absolute Gasteiger partial charge is 0.259 e. The molecule has 2 heterocycles. The number of nitrogens with one attached hydrogen (secondary N) is 1. The molecule has 136 valence electrons. The number of rotatable bonds is 6. The van der Waals surface area contributed by atoms with Crippen LogP contribution < -0.4 is 10.1 Å². The van der Waals surface area contributed by atoms with Crippen LogP contribution in [0.4, 0.5) is 0 Å². The van der Waals surface area contributed by atoms with Gasteiger partial charge in [-0.05, 0) is 37.0 Å². The fourth-order valence-electron chi connectivity index (χ4n) is 2.90. The molecule has 1 aromatic carbocycles. The van der Waals surface area contributed by atoms with Crippen molar-refractivity contribution in [1.29, 1.82) is 0 Å². The number of amides is 1. The molecule has 3 rings (SSSR count). The maximum atomic E-state index is 12.8. The number of fused-ring (bicyclic) bond motifs is 1. The molecule has 0 atom stereocenters. The zero-order valence-corrected chi connectivity index (χ0v) is 15.5. The number of ether oxygens (including phenoxy) is 1. The summed E-state index contributed by atoms with van der Waals surface area (Å²) >= 11 is 0. The SMILES string of the molecule is COc1ccccc1CCNC(=O)c1cc(C(C)C)nc2onc(C)c12. The molecular formula is C20H23N3O3. The Labute approximate surface area is 152 Å². The van der Waals surface area contributed by atoms with Crippen molar-refractivity contribution in [3.8, 4) is 5.75 Å². The highest BCUT2D eigenvalue weighted by Crippen LogP contribution is 2.25. The van der Waals surface area contributed by atoms with Crippen LogP contribution in [0.15, 0.2) is 34.9 Å². The fourth-order valence-corrected chi connectivity index (χ4v) is 2.90. The standard InChI is InChI=1S/C20H23N3O3/c1-12(2)16-11-15(18-13(3)23-26-20(18)22-16)19(24)21-10-9-14-7-5-6-8-17(14)25-4/h5-8,11-12H,9-10H2,1-4H3,(H,21,24). The van der Waals surface area contributed by atoms with Crippen molar-refractivity contribution >= 4 is 17.0 Å². The molecule has 3 aromatic rings. The summed E-state index contributed by atoms with van der Waals surface area (Å²) in [5, 5.41) is 7.61. The molecule has 0 aliphatic heterocycles. The number of hydrogen-bond acceptors (Lipinski definition) is 5. The molecule has 0 spiro atoms. The summed E-state index contributed by atoms with van der Waals surface area (Å²) in [6, 6.07) is 9.63. The lowest BCUT2D eigenvalue weighted by molar-refractivity contribution is 0.0955. The lowest BCUT2D eigenvalue weighted by atomic mass is 10.0. The fraction of sp³-hybridized carbons (Fsp3) is 0.350. The molecule has 1 N–H and O–H groups in total. The highest BCUT2D eigenvalue weighted by atomic mass is 16.5. The number of benzene rings is 1. The maximum absolute atomic E-state index is 12.8. The summed E-state index contributed by atoms with van der Waals surface area (Å²) in [7, 11) is 1.65. The Hall–Kier alpha value is -2.89. The molecule has 0 aliphatic rings. The second-order valence-electron chi connectivity index (χ2n) is 6.52. The largest absolute Gasteiger partial charge is 0.496 e. The topological polar surface area (TPSA) is 77.2 Å². The summed E-state index contributed by atoms with van der Waals surface area (Å²) in [6.07, 6.45) is 0.684. The number of para-hydroxylation sites is 1. The monoisotopic (exact) mass is 353 g/mol. The van der Waals surface area contributed by atoms with E-state index < -0.39 is 0 Å². The van der Waals surface area contributed by atoms with Gasteiger partial charge in [0, 0.05) is 12.2 Å². The Kier molecular flexibility index (Phi) is 5.21. The highest BCUT2D eigenvalue weighted by molar-refractivity contribution is 6.06. The first-order chi connectivity index (χ1) is 12.5. The van der Waals surface area contributed by atoms with E-state index in [0.29, 0.717) is 35.3 Å². The van der Waals surface area contributed by atoms with Gasteiger partial charge >= 0.3 is 0 Å². The number of carbonyl (C=O) groups is 1. The van der Waals surface area contributed by atoms with Crippen LogP contribution in [0.1, 0.15) is 47.1 Å². The molecule has 6 nitrogen and oxygen atoms in total. The van der Waals surface area contributed by atoms with E-state index in [1.807, 2.05) is 51.1 Å². The van der Waals surface area contributed by atoms with Crippen molar-refractivity contribution in [2.45, 2.75) is 33.1 Å². The van der Waals surface area contributed by atoms with E-state index in [2.05, 4.69) is 15.5 Å². The van der Waals surface area contributed by atoms with Crippen LogP contribution in [0.3, 0.4) is 0 Å². The van der Waals surface area contributed by atoms with Gasteiger partial charge in [-0.15, -0.1) is 0 Å². The van der Waals surface area contributed by atoms with Crippen LogP contribution in [-0.2, 0) is 6.42 Å². The maximum Gasteiger partial charge on any atom is 0.259 e. The van der Waals surface area contributed by atoms with Crippen molar-refractivity contribution < 1.29 is 14.1 Å². The number of aromatic nitrogens is 2. The van der Waals surface area contributed by atoms with E-state index in [1.165, 1.54) is 0 Å². The molecule has 1 amide bonds. The molecule has 0 bridgehead atoms. The van der Waals surface area contributed by atoms with Gasteiger partial charge in [0.2, 0.25) is 0 Å². The van der Waals surface area contributed by atoms with Gasteiger partial charge < -0.3 is 14.6 Å². The Morgan fingerprint density at radius 3 is 2.81 bits per heavy atom. The van der Waals surface area contributed by atoms with Gasteiger partial charge in [-0.2, -0.15) is 0 Å². The van der Waals surface area contributed by atoms with Crippen LogP contribution in [0.25, 0.3) is 11.1 Å². The van der Waals surface area contributed by atoms with E-state index in [-0.39, 0.29) is 11.8 Å². The lowest BCUT2D eigenvalue weighted by Gasteiger charge is -2.11. The minimum absolute atomic E-state index is 0.152. The molecular weight excluding hydrogens is 330 g/mol. The summed E-state index contributed by atoms with van der Waals surface area (Å²) in [5.74, 6) is 0.857. The van der Waals surface area contributed by atoms with E-state index in [4.69, 9.17) is 9.26 Å². The van der Waals surface area contributed by atoms with Gasteiger partial charge in [0.1, 0.15) is 5.75 Å². The second kappa shape index (κ2) is 7.56. The van der Waals surface area contributed by atoms with Crippen molar-refractivity contribution in [3.05, 3.63) is 52.8 Å². The van der Waals surface area contributed by atoms with E-state index >= 15 is 0 Å². The van der Waals surface area contributed by atoms with Crippen LogP contribution >= 0.6 is 0 Å². The van der Waals surface area contributed by atoms with E-state index in [9.17, 15) is 4.79 Å². The summed E-state index contributed by atoms with van der Waals surface area (Å²) in [5.41, 5.74) is 3.49. The highest BCUT2D eigenvalue weighted by Gasteiger charge is 2.19. The van der Waals surface area contributed by atoms with Crippen LogP contribution in [0.5, 0.6) is 5.75 Å². The Morgan fingerprint density at radius 1 is 1.31 bits per heavy atom. The first kappa shape index (κ1) is 17.9. The first-order valence-corrected chi connectivity index (χ1v) is 8.68. The number of carbonyl (C=O) groups excluding carboxylic acids is 1. The minimum Gasteiger partial charge on any atom is -0.496 e. The van der Waals surface area contributed by atoms with E-state index in [0.717, 1.165) is 17.0 Å². The molecule has 0 aliphatic carbocycles. The molecule has 0 radical (unpaired) electrons. The normalized spacial score (nSPS) is 11.1. The number of pyridine rings is 1. The quantitative estimate of drug-likeness (QED) is 0.732. The van der Waals surface area contributed by atoms with Gasteiger partial charge in [-0.25, -0.2) is 4.98 Å². The van der Waals surface area contributed by atoms with Gasteiger partial charge in [0.15, 0.2) is 0 Å². The average molecular weight is 353 g/mol. The van der Waals surface area contributed by atoms with Gasteiger partial charge in [-0.3, -0.25) is 4.79 Å². The van der Waals surface area contributed by atoms with Crippen molar-refractivity contribution in [2.75, 3.05) is 13.7 Å². The zero-order valence-electron chi connectivity index (χ0n) is 15.5. The molecule has 2 aromatic heterocycles. The minimum atomic E-state index is -0.152. The third-order valence-electron chi connectivity index (χ3n) is 4.35. The Bertz CT molecular complexity index is 931. The van der Waals surface area contributed by atoms with E-state index in [1.54, 1.807) is 7.11 Å². The van der Waals surface area contributed by atoms with Crippen molar-refractivity contribution in [1.82, 2.24) is 15.5 Å². The zero-order chi connectivity index (χ0) is 18.7. The molecule has 26 heavy (non-hydrogen) atoms. The van der Waals surface area contributed by atoms with Crippen LogP contribution in [-0.4, -0.2) is 29.7 Å². The number of nitrogens with zero attached hydrogens (tertiary/aromatic N) is 2. The van der Waals surface area contributed by atoms with Crippen LogP contribution in [0, 0.1) is 6.92 Å². The summed E-state index contributed by atoms with van der Waals surface area (Å²) in [6.45, 7) is 6.38.